The number of benzene rings is 1. The molecule has 2 N–H and O–H groups in total. The molecule has 2 heterocycles. The highest BCUT2D eigenvalue weighted by Gasteiger charge is 2.36. The normalized spacial score (nSPS) is 20.1. The van der Waals surface area contributed by atoms with Gasteiger partial charge in [-0.25, -0.2) is 0 Å². The minimum absolute atomic E-state index is 0.0435. The first-order chi connectivity index (χ1) is 14.6. The molecule has 0 atom stereocenters. The fraction of sp³-hybridized carbons (Fsp3) is 0.667. The maximum absolute atomic E-state index is 11.7. The second-order valence-corrected chi connectivity index (χ2v) is 8.69. The molecule has 2 saturated heterocycles. The maximum atomic E-state index is 11.7. The Balaban J connectivity index is 1.73. The number of guanidine groups is 1. The standard InChI is InChI=1S/C24H38N4O2/c1-4-26-23(28-13-9-20(10-14-28)17-22(29)25-3)27-18-24(11-15-30-16-12-24)21-8-6-5-7-19(21)2/h5-8,20H,4,9-18H2,1-3H3,(H,25,29)(H,26,27). The van der Waals surface area contributed by atoms with Crippen LogP contribution in [0.4, 0.5) is 0 Å². The first kappa shape index (κ1) is 22.6. The molecule has 0 spiro atoms. The number of likely N-dealkylation sites (tertiary alicyclic amines) is 1. The van der Waals surface area contributed by atoms with Crippen molar-refractivity contribution in [3.63, 3.8) is 0 Å². The van der Waals surface area contributed by atoms with E-state index in [1.807, 2.05) is 0 Å². The highest BCUT2D eigenvalue weighted by Crippen LogP contribution is 2.37. The van der Waals surface area contributed by atoms with Crippen molar-refractivity contribution < 1.29 is 9.53 Å². The van der Waals surface area contributed by atoms with Gasteiger partial charge < -0.3 is 20.3 Å². The van der Waals surface area contributed by atoms with E-state index in [1.54, 1.807) is 7.05 Å². The van der Waals surface area contributed by atoms with Gasteiger partial charge in [0.15, 0.2) is 5.96 Å². The molecule has 1 aromatic carbocycles. The molecule has 1 aromatic rings. The first-order valence-electron chi connectivity index (χ1n) is 11.5. The first-order valence-corrected chi connectivity index (χ1v) is 11.5. The van der Waals surface area contributed by atoms with Crippen molar-refractivity contribution in [2.24, 2.45) is 10.9 Å². The largest absolute Gasteiger partial charge is 0.381 e. The summed E-state index contributed by atoms with van der Waals surface area (Å²) in [5.41, 5.74) is 2.80. The third kappa shape index (κ3) is 5.54. The van der Waals surface area contributed by atoms with Crippen LogP contribution in [-0.4, -0.2) is 63.2 Å². The molecule has 0 aliphatic carbocycles. The van der Waals surface area contributed by atoms with E-state index in [0.717, 1.165) is 71.0 Å². The molecule has 6 nitrogen and oxygen atoms in total. The summed E-state index contributed by atoms with van der Waals surface area (Å²) < 4.78 is 5.70. The van der Waals surface area contributed by atoms with Crippen LogP contribution in [0.15, 0.2) is 29.3 Å². The van der Waals surface area contributed by atoms with Crippen LogP contribution in [-0.2, 0) is 14.9 Å². The number of aryl methyl sites for hydroxylation is 1. The predicted octanol–water partition coefficient (Wildman–Crippen LogP) is 2.86. The topological polar surface area (TPSA) is 66.0 Å². The summed E-state index contributed by atoms with van der Waals surface area (Å²) >= 11 is 0. The van der Waals surface area contributed by atoms with Gasteiger partial charge >= 0.3 is 0 Å². The Hall–Kier alpha value is -2.08. The minimum Gasteiger partial charge on any atom is -0.381 e. The summed E-state index contributed by atoms with van der Waals surface area (Å²) in [6.07, 6.45) is 4.72. The fourth-order valence-corrected chi connectivity index (χ4v) is 4.81. The van der Waals surface area contributed by atoms with Crippen LogP contribution in [0.25, 0.3) is 0 Å². The highest BCUT2D eigenvalue weighted by atomic mass is 16.5. The summed E-state index contributed by atoms with van der Waals surface area (Å²) in [6, 6.07) is 8.74. The van der Waals surface area contributed by atoms with Crippen molar-refractivity contribution in [2.45, 2.75) is 51.4 Å². The van der Waals surface area contributed by atoms with Gasteiger partial charge in [0.2, 0.25) is 5.91 Å². The Kier molecular flexibility index (Phi) is 8.14. The van der Waals surface area contributed by atoms with Crippen molar-refractivity contribution in [3.05, 3.63) is 35.4 Å². The van der Waals surface area contributed by atoms with Gasteiger partial charge in [0.05, 0.1) is 6.54 Å². The Morgan fingerprint density at radius 3 is 2.57 bits per heavy atom. The number of hydrogen-bond acceptors (Lipinski definition) is 3. The second-order valence-electron chi connectivity index (χ2n) is 8.69. The molecule has 166 valence electrons. The molecule has 6 heteroatoms. The van der Waals surface area contributed by atoms with E-state index in [-0.39, 0.29) is 11.3 Å². The second kappa shape index (κ2) is 10.8. The molecule has 1 amide bonds. The lowest BCUT2D eigenvalue weighted by Crippen LogP contribution is -2.47. The molecule has 0 aromatic heterocycles. The molecule has 0 unspecified atom stereocenters. The number of nitrogens with one attached hydrogen (secondary N) is 2. The third-order valence-electron chi connectivity index (χ3n) is 6.70. The van der Waals surface area contributed by atoms with Crippen molar-refractivity contribution in [1.82, 2.24) is 15.5 Å². The summed E-state index contributed by atoms with van der Waals surface area (Å²) in [5, 5.41) is 6.26. The molecule has 3 rings (SSSR count). The highest BCUT2D eigenvalue weighted by molar-refractivity contribution is 5.80. The molecule has 2 fully saturated rings. The van der Waals surface area contributed by atoms with Gasteiger partial charge in [0.25, 0.3) is 0 Å². The maximum Gasteiger partial charge on any atom is 0.220 e. The Bertz CT molecular complexity index is 720. The lowest BCUT2D eigenvalue weighted by molar-refractivity contribution is -0.121. The number of nitrogens with zero attached hydrogens (tertiary/aromatic N) is 2. The summed E-state index contributed by atoms with van der Waals surface area (Å²) in [5.74, 6) is 1.63. The smallest absolute Gasteiger partial charge is 0.220 e. The van der Waals surface area contributed by atoms with Crippen LogP contribution in [0, 0.1) is 12.8 Å². The van der Waals surface area contributed by atoms with Crippen LogP contribution in [0.5, 0.6) is 0 Å². The molecule has 30 heavy (non-hydrogen) atoms. The SMILES string of the molecule is CCNC(=NCC1(c2ccccc2C)CCOCC1)N1CCC(CC(=O)NC)CC1. The van der Waals surface area contributed by atoms with Crippen LogP contribution in [0.1, 0.15) is 50.2 Å². The van der Waals surface area contributed by atoms with Gasteiger partial charge in [-0.1, -0.05) is 24.3 Å². The van der Waals surface area contributed by atoms with E-state index in [1.165, 1.54) is 11.1 Å². The van der Waals surface area contributed by atoms with Crippen LogP contribution < -0.4 is 10.6 Å². The lowest BCUT2D eigenvalue weighted by Gasteiger charge is -2.39. The van der Waals surface area contributed by atoms with E-state index in [0.29, 0.717) is 12.3 Å². The Morgan fingerprint density at radius 1 is 1.23 bits per heavy atom. The van der Waals surface area contributed by atoms with Crippen molar-refractivity contribution in [1.29, 1.82) is 0 Å². The number of rotatable bonds is 6. The summed E-state index contributed by atoms with van der Waals surface area (Å²) in [4.78, 5) is 19.2. The van der Waals surface area contributed by atoms with Gasteiger partial charge in [-0.2, -0.15) is 0 Å². The number of piperidine rings is 1. The van der Waals surface area contributed by atoms with E-state index in [9.17, 15) is 4.79 Å². The third-order valence-corrected chi connectivity index (χ3v) is 6.70. The van der Waals surface area contributed by atoms with Crippen molar-refractivity contribution in [2.75, 3.05) is 46.4 Å². The van der Waals surface area contributed by atoms with Crippen LogP contribution in [0.3, 0.4) is 0 Å². The van der Waals surface area contributed by atoms with Gasteiger partial charge in [0.1, 0.15) is 0 Å². The van der Waals surface area contributed by atoms with Gasteiger partial charge in [0, 0.05) is 51.7 Å². The van der Waals surface area contributed by atoms with Gasteiger partial charge in [-0.15, -0.1) is 0 Å². The summed E-state index contributed by atoms with van der Waals surface area (Å²) in [7, 11) is 1.72. The summed E-state index contributed by atoms with van der Waals surface area (Å²) in [6.45, 7) is 9.47. The molecule has 2 aliphatic heterocycles. The minimum atomic E-state index is 0.0435. The van der Waals surface area contributed by atoms with Gasteiger partial charge in [-0.05, 0) is 56.6 Å². The molecule has 2 aliphatic rings. The van der Waals surface area contributed by atoms with Crippen LogP contribution >= 0.6 is 0 Å². The number of carbonyl (C=O) groups is 1. The molecular formula is C24H38N4O2. The average Bonchev–Trinajstić information content (AvgIpc) is 2.78. The Morgan fingerprint density at radius 2 is 1.93 bits per heavy atom. The molecule has 0 radical (unpaired) electrons. The molecule has 0 saturated carbocycles. The molecular weight excluding hydrogens is 376 g/mol. The monoisotopic (exact) mass is 414 g/mol. The average molecular weight is 415 g/mol. The van der Waals surface area contributed by atoms with E-state index in [4.69, 9.17) is 9.73 Å². The number of carbonyl (C=O) groups excluding carboxylic acids is 1. The number of amides is 1. The van der Waals surface area contributed by atoms with Crippen molar-refractivity contribution >= 4 is 11.9 Å². The Labute approximate surface area is 181 Å². The fourth-order valence-electron chi connectivity index (χ4n) is 4.81. The van der Waals surface area contributed by atoms with Crippen LogP contribution in [0.2, 0.25) is 0 Å². The van der Waals surface area contributed by atoms with Crippen molar-refractivity contribution in [3.8, 4) is 0 Å². The number of aliphatic imine (C=N–C) groups is 1. The predicted molar refractivity (Wildman–Crippen MR) is 122 cm³/mol. The zero-order valence-corrected chi connectivity index (χ0v) is 18.9. The zero-order chi connectivity index (χ0) is 21.4. The number of ether oxygens (including phenoxy) is 1. The number of hydrogen-bond donors (Lipinski definition) is 2. The lowest BCUT2D eigenvalue weighted by atomic mass is 9.72. The zero-order valence-electron chi connectivity index (χ0n) is 18.9. The van der Waals surface area contributed by atoms with E-state index < -0.39 is 0 Å². The quantitative estimate of drug-likeness (QED) is 0.555. The van der Waals surface area contributed by atoms with E-state index >= 15 is 0 Å². The van der Waals surface area contributed by atoms with Gasteiger partial charge in [-0.3, -0.25) is 9.79 Å². The molecule has 0 bridgehead atoms. The van der Waals surface area contributed by atoms with E-state index in [2.05, 4.69) is 53.6 Å².